The number of hydrogen-bond donors (Lipinski definition) is 0. The average Bonchev–Trinajstić information content (AvgIpc) is 2.37. The molecule has 0 aliphatic heterocycles. The highest BCUT2D eigenvalue weighted by molar-refractivity contribution is 6.11. The summed E-state index contributed by atoms with van der Waals surface area (Å²) in [6.45, 7) is 0. The van der Waals surface area contributed by atoms with Gasteiger partial charge in [-0.05, 0) is 12.1 Å². The Bertz CT molecular complexity index is 692. The number of benzene rings is 1. The van der Waals surface area contributed by atoms with Crippen molar-refractivity contribution >= 4 is 28.1 Å². The van der Waals surface area contributed by atoms with Crippen LogP contribution in [0, 0.1) is 0 Å². The van der Waals surface area contributed by atoms with Crippen LogP contribution in [0.25, 0.3) is 21.8 Å². The third-order valence-electron chi connectivity index (χ3n) is 2.64. The van der Waals surface area contributed by atoms with Gasteiger partial charge >= 0.3 is 0 Å². The van der Waals surface area contributed by atoms with Gasteiger partial charge in [0.25, 0.3) is 0 Å². The number of fused-ring (bicyclic) bond motifs is 3. The molecule has 76 valence electrons. The fourth-order valence-electron chi connectivity index (χ4n) is 1.91. The second kappa shape index (κ2) is 3.38. The maximum Gasteiger partial charge on any atom is 0.150 e. The molecule has 0 unspecified atom stereocenters. The standard InChI is InChI=1S/C13H8N2O/c16-8-9-5-6-14-12-7-15-11-4-2-1-3-10(11)13(9)12/h1-8H. The summed E-state index contributed by atoms with van der Waals surface area (Å²) in [6, 6.07) is 9.47. The van der Waals surface area contributed by atoms with Gasteiger partial charge in [0.1, 0.15) is 0 Å². The number of pyridine rings is 2. The zero-order valence-corrected chi connectivity index (χ0v) is 8.42. The van der Waals surface area contributed by atoms with Crippen LogP contribution in [0.3, 0.4) is 0 Å². The van der Waals surface area contributed by atoms with Crippen molar-refractivity contribution in [2.75, 3.05) is 0 Å². The van der Waals surface area contributed by atoms with E-state index in [1.54, 1.807) is 18.5 Å². The summed E-state index contributed by atoms with van der Waals surface area (Å²) in [5.74, 6) is 0. The van der Waals surface area contributed by atoms with Crippen LogP contribution in [0.5, 0.6) is 0 Å². The van der Waals surface area contributed by atoms with E-state index < -0.39 is 0 Å². The van der Waals surface area contributed by atoms with E-state index in [-0.39, 0.29) is 0 Å². The maximum absolute atomic E-state index is 11.0. The van der Waals surface area contributed by atoms with Gasteiger partial charge in [-0.1, -0.05) is 18.2 Å². The highest BCUT2D eigenvalue weighted by Gasteiger charge is 2.05. The first kappa shape index (κ1) is 8.97. The molecule has 2 aromatic heterocycles. The Labute approximate surface area is 91.8 Å². The number of aromatic nitrogens is 2. The van der Waals surface area contributed by atoms with E-state index in [1.807, 2.05) is 24.3 Å². The minimum atomic E-state index is 0.656. The van der Waals surface area contributed by atoms with Gasteiger partial charge in [-0.15, -0.1) is 0 Å². The zero-order chi connectivity index (χ0) is 11.0. The number of hydrogen-bond acceptors (Lipinski definition) is 3. The van der Waals surface area contributed by atoms with Crippen LogP contribution in [-0.4, -0.2) is 16.3 Å². The van der Waals surface area contributed by atoms with Gasteiger partial charge in [-0.25, -0.2) is 0 Å². The zero-order valence-electron chi connectivity index (χ0n) is 8.42. The molecule has 0 fully saturated rings. The molecule has 2 heterocycles. The fraction of sp³-hybridized carbons (Fsp3) is 0. The van der Waals surface area contributed by atoms with E-state index in [0.717, 1.165) is 28.1 Å². The molecule has 1 aromatic carbocycles. The predicted octanol–water partition coefficient (Wildman–Crippen LogP) is 2.60. The Balaban J connectivity index is 2.62. The molecular formula is C13H8N2O. The summed E-state index contributed by atoms with van der Waals surface area (Å²) in [4.78, 5) is 19.5. The molecule has 3 nitrogen and oxygen atoms in total. The van der Waals surface area contributed by atoms with Gasteiger partial charge in [0.2, 0.25) is 0 Å². The molecular weight excluding hydrogens is 200 g/mol. The summed E-state index contributed by atoms with van der Waals surface area (Å²) in [7, 11) is 0. The molecule has 0 bridgehead atoms. The van der Waals surface area contributed by atoms with Gasteiger partial charge < -0.3 is 0 Å². The topological polar surface area (TPSA) is 42.9 Å². The molecule has 3 aromatic rings. The molecule has 0 saturated carbocycles. The second-order valence-electron chi connectivity index (χ2n) is 3.55. The molecule has 0 amide bonds. The van der Waals surface area contributed by atoms with Crippen molar-refractivity contribution in [2.45, 2.75) is 0 Å². The molecule has 0 radical (unpaired) electrons. The first-order chi connectivity index (χ1) is 7.90. The summed E-state index contributed by atoms with van der Waals surface area (Å²) in [5, 5.41) is 1.85. The highest BCUT2D eigenvalue weighted by atomic mass is 16.1. The van der Waals surface area contributed by atoms with Crippen LogP contribution >= 0.6 is 0 Å². The normalized spacial score (nSPS) is 10.8. The quantitative estimate of drug-likeness (QED) is 0.456. The van der Waals surface area contributed by atoms with Gasteiger partial charge in [0, 0.05) is 22.5 Å². The molecule has 0 aliphatic rings. The lowest BCUT2D eigenvalue weighted by molar-refractivity contribution is 0.112. The lowest BCUT2D eigenvalue weighted by Gasteiger charge is -2.03. The lowest BCUT2D eigenvalue weighted by atomic mass is 10.1. The van der Waals surface area contributed by atoms with Crippen molar-refractivity contribution in [3.05, 3.63) is 48.3 Å². The van der Waals surface area contributed by atoms with E-state index in [0.29, 0.717) is 5.56 Å². The molecule has 0 spiro atoms. The Hall–Kier alpha value is -2.29. The highest BCUT2D eigenvalue weighted by Crippen LogP contribution is 2.24. The van der Waals surface area contributed by atoms with E-state index in [9.17, 15) is 4.79 Å². The number of aldehydes is 1. The van der Waals surface area contributed by atoms with Gasteiger partial charge in [0.15, 0.2) is 6.29 Å². The summed E-state index contributed by atoms with van der Waals surface area (Å²) >= 11 is 0. The van der Waals surface area contributed by atoms with Crippen molar-refractivity contribution in [2.24, 2.45) is 0 Å². The molecule has 0 aliphatic carbocycles. The monoisotopic (exact) mass is 208 g/mol. The number of carbonyl (C=O) groups is 1. The molecule has 0 atom stereocenters. The SMILES string of the molecule is O=Cc1ccnc2cnc3ccccc3c12. The van der Waals surface area contributed by atoms with E-state index in [2.05, 4.69) is 9.97 Å². The number of rotatable bonds is 1. The minimum absolute atomic E-state index is 0.656. The summed E-state index contributed by atoms with van der Waals surface area (Å²) in [6.07, 6.45) is 4.18. The van der Waals surface area contributed by atoms with Crippen molar-refractivity contribution in [3.8, 4) is 0 Å². The smallest absolute Gasteiger partial charge is 0.150 e. The van der Waals surface area contributed by atoms with Crippen molar-refractivity contribution in [3.63, 3.8) is 0 Å². The maximum atomic E-state index is 11.0. The first-order valence-corrected chi connectivity index (χ1v) is 4.98. The molecule has 0 saturated heterocycles. The fourth-order valence-corrected chi connectivity index (χ4v) is 1.91. The second-order valence-corrected chi connectivity index (χ2v) is 3.55. The minimum Gasteiger partial charge on any atom is -0.298 e. The third kappa shape index (κ3) is 1.18. The first-order valence-electron chi connectivity index (χ1n) is 4.98. The molecule has 3 rings (SSSR count). The summed E-state index contributed by atoms with van der Waals surface area (Å²) in [5.41, 5.74) is 2.29. The molecule has 16 heavy (non-hydrogen) atoms. The number of nitrogens with zero attached hydrogens (tertiary/aromatic N) is 2. The Kier molecular flexibility index (Phi) is 1.90. The van der Waals surface area contributed by atoms with Crippen molar-refractivity contribution in [1.82, 2.24) is 9.97 Å². The van der Waals surface area contributed by atoms with E-state index in [1.165, 1.54) is 0 Å². The third-order valence-corrected chi connectivity index (χ3v) is 2.64. The Morgan fingerprint density at radius 3 is 2.75 bits per heavy atom. The molecule has 3 heteroatoms. The van der Waals surface area contributed by atoms with Gasteiger partial charge in [0.05, 0.1) is 17.2 Å². The van der Waals surface area contributed by atoms with E-state index >= 15 is 0 Å². The van der Waals surface area contributed by atoms with Crippen LogP contribution in [0.2, 0.25) is 0 Å². The van der Waals surface area contributed by atoms with Crippen LogP contribution in [0.15, 0.2) is 42.7 Å². The Morgan fingerprint density at radius 1 is 1.00 bits per heavy atom. The number of carbonyl (C=O) groups excluding carboxylic acids is 1. The van der Waals surface area contributed by atoms with E-state index in [4.69, 9.17) is 0 Å². The lowest BCUT2D eigenvalue weighted by Crippen LogP contribution is -1.89. The van der Waals surface area contributed by atoms with Crippen LogP contribution in [0.4, 0.5) is 0 Å². The van der Waals surface area contributed by atoms with Gasteiger partial charge in [-0.2, -0.15) is 0 Å². The average molecular weight is 208 g/mol. The largest absolute Gasteiger partial charge is 0.298 e. The van der Waals surface area contributed by atoms with Crippen LogP contribution in [-0.2, 0) is 0 Å². The Morgan fingerprint density at radius 2 is 1.88 bits per heavy atom. The van der Waals surface area contributed by atoms with Gasteiger partial charge in [-0.3, -0.25) is 14.8 Å². The van der Waals surface area contributed by atoms with Crippen molar-refractivity contribution < 1.29 is 4.79 Å². The number of para-hydroxylation sites is 1. The molecule has 0 N–H and O–H groups in total. The summed E-state index contributed by atoms with van der Waals surface area (Å²) < 4.78 is 0. The van der Waals surface area contributed by atoms with Crippen molar-refractivity contribution in [1.29, 1.82) is 0 Å². The van der Waals surface area contributed by atoms with Crippen LogP contribution < -0.4 is 0 Å². The predicted molar refractivity (Wildman–Crippen MR) is 62.4 cm³/mol. The van der Waals surface area contributed by atoms with Crippen LogP contribution in [0.1, 0.15) is 10.4 Å².